The maximum absolute atomic E-state index is 5.79. The van der Waals surface area contributed by atoms with E-state index in [1.807, 2.05) is 6.26 Å². The van der Waals surface area contributed by atoms with E-state index in [9.17, 15) is 0 Å². The Morgan fingerprint density at radius 2 is 2.15 bits per heavy atom. The van der Waals surface area contributed by atoms with Gasteiger partial charge in [-0.1, -0.05) is 41.8 Å². The molecule has 13 heavy (non-hydrogen) atoms. The van der Waals surface area contributed by atoms with Crippen molar-refractivity contribution in [3.05, 3.63) is 0 Å². The van der Waals surface area contributed by atoms with E-state index in [-0.39, 0.29) is 6.04 Å². The molecule has 0 saturated heterocycles. The zero-order chi connectivity index (χ0) is 9.68. The molecular formula is C7H13N3S3. The van der Waals surface area contributed by atoms with Crippen LogP contribution in [0.4, 0.5) is 0 Å². The van der Waals surface area contributed by atoms with E-state index in [0.29, 0.717) is 0 Å². The normalized spacial score (nSPS) is 13.2. The highest BCUT2D eigenvalue weighted by atomic mass is 32.2. The molecule has 6 heteroatoms. The van der Waals surface area contributed by atoms with Gasteiger partial charge in [0.2, 0.25) is 0 Å². The van der Waals surface area contributed by atoms with Crippen LogP contribution in [-0.4, -0.2) is 28.2 Å². The Kier molecular flexibility index (Phi) is 5.08. The van der Waals surface area contributed by atoms with Gasteiger partial charge in [-0.05, 0) is 12.7 Å². The zero-order valence-corrected chi connectivity index (χ0v) is 10.1. The second-order valence-corrected chi connectivity index (χ2v) is 5.82. The Labute approximate surface area is 90.9 Å². The predicted octanol–water partition coefficient (Wildman–Crippen LogP) is 2.09. The molecule has 1 aromatic heterocycles. The van der Waals surface area contributed by atoms with Crippen LogP contribution in [0.25, 0.3) is 0 Å². The highest BCUT2D eigenvalue weighted by Crippen LogP contribution is 2.27. The molecule has 1 heterocycles. The molecule has 0 aliphatic carbocycles. The second kappa shape index (κ2) is 5.85. The number of aromatic nitrogens is 2. The third-order valence-electron chi connectivity index (χ3n) is 1.51. The standard InChI is InChI=1S/C7H13N3S3/c1-3-5(8)4-12-7-10-9-6(11-2)13-7/h5H,3-4,8H2,1-2H3. The summed E-state index contributed by atoms with van der Waals surface area (Å²) in [5.41, 5.74) is 5.79. The van der Waals surface area contributed by atoms with Gasteiger partial charge in [-0.3, -0.25) is 0 Å². The van der Waals surface area contributed by atoms with Crippen molar-refractivity contribution in [3.8, 4) is 0 Å². The van der Waals surface area contributed by atoms with Gasteiger partial charge in [0.25, 0.3) is 0 Å². The fourth-order valence-corrected chi connectivity index (χ4v) is 3.17. The molecule has 0 radical (unpaired) electrons. The van der Waals surface area contributed by atoms with Crippen molar-refractivity contribution in [2.24, 2.45) is 5.73 Å². The number of thioether (sulfide) groups is 2. The summed E-state index contributed by atoms with van der Waals surface area (Å²) in [5, 5.41) is 8.06. The number of nitrogens with two attached hydrogens (primary N) is 1. The van der Waals surface area contributed by atoms with Gasteiger partial charge in [0, 0.05) is 11.8 Å². The van der Waals surface area contributed by atoms with Crippen LogP contribution < -0.4 is 5.73 Å². The molecular weight excluding hydrogens is 222 g/mol. The van der Waals surface area contributed by atoms with Crippen molar-refractivity contribution < 1.29 is 0 Å². The van der Waals surface area contributed by atoms with Crippen LogP contribution in [0.15, 0.2) is 8.68 Å². The summed E-state index contributed by atoms with van der Waals surface area (Å²) in [4.78, 5) is 0. The Bertz CT molecular complexity index is 251. The molecule has 0 aromatic carbocycles. The summed E-state index contributed by atoms with van der Waals surface area (Å²) < 4.78 is 2.04. The first-order valence-corrected chi connectivity index (χ1v) is 7.04. The van der Waals surface area contributed by atoms with Gasteiger partial charge in [-0.15, -0.1) is 10.2 Å². The summed E-state index contributed by atoms with van der Waals surface area (Å²) in [5.74, 6) is 0.930. The molecule has 0 aliphatic heterocycles. The van der Waals surface area contributed by atoms with Crippen molar-refractivity contribution >= 4 is 34.9 Å². The van der Waals surface area contributed by atoms with Crippen molar-refractivity contribution in [2.45, 2.75) is 28.1 Å². The van der Waals surface area contributed by atoms with E-state index >= 15 is 0 Å². The topological polar surface area (TPSA) is 51.8 Å². The van der Waals surface area contributed by atoms with E-state index < -0.39 is 0 Å². The minimum Gasteiger partial charge on any atom is -0.327 e. The summed E-state index contributed by atoms with van der Waals surface area (Å²) in [6, 6.07) is 0.270. The third-order valence-corrected chi connectivity index (χ3v) is 4.73. The minimum atomic E-state index is 0.270. The molecule has 0 spiro atoms. The van der Waals surface area contributed by atoms with Gasteiger partial charge < -0.3 is 5.73 Å². The van der Waals surface area contributed by atoms with E-state index in [2.05, 4.69) is 17.1 Å². The van der Waals surface area contributed by atoms with Crippen molar-refractivity contribution in [2.75, 3.05) is 12.0 Å². The van der Waals surface area contributed by atoms with Gasteiger partial charge in [0.1, 0.15) is 0 Å². The lowest BCUT2D eigenvalue weighted by molar-refractivity contribution is 0.724. The highest BCUT2D eigenvalue weighted by Gasteiger charge is 2.05. The molecule has 2 N–H and O–H groups in total. The molecule has 1 aromatic rings. The van der Waals surface area contributed by atoms with E-state index in [0.717, 1.165) is 20.9 Å². The Hall–Kier alpha value is 0.220. The van der Waals surface area contributed by atoms with Crippen molar-refractivity contribution in [1.82, 2.24) is 10.2 Å². The van der Waals surface area contributed by atoms with Gasteiger partial charge in [-0.2, -0.15) is 0 Å². The fourth-order valence-electron chi connectivity index (χ4n) is 0.634. The summed E-state index contributed by atoms with van der Waals surface area (Å²) in [6.45, 7) is 2.10. The van der Waals surface area contributed by atoms with Crippen molar-refractivity contribution in [3.63, 3.8) is 0 Å². The smallest absolute Gasteiger partial charge is 0.175 e. The van der Waals surface area contributed by atoms with Crippen LogP contribution in [0.3, 0.4) is 0 Å². The van der Waals surface area contributed by atoms with E-state index in [1.165, 1.54) is 0 Å². The lowest BCUT2D eigenvalue weighted by atomic mass is 10.3. The number of rotatable bonds is 5. The molecule has 74 valence electrons. The lowest BCUT2D eigenvalue weighted by Crippen LogP contribution is -2.21. The average molecular weight is 235 g/mol. The average Bonchev–Trinajstić information content (AvgIpc) is 2.61. The Morgan fingerprint density at radius 3 is 2.69 bits per heavy atom. The van der Waals surface area contributed by atoms with Crippen LogP contribution in [0.2, 0.25) is 0 Å². The molecule has 1 rings (SSSR count). The zero-order valence-electron chi connectivity index (χ0n) is 7.69. The van der Waals surface area contributed by atoms with Crippen LogP contribution >= 0.6 is 34.9 Å². The van der Waals surface area contributed by atoms with Gasteiger partial charge in [-0.25, -0.2) is 0 Å². The molecule has 0 fully saturated rings. The summed E-state index contributed by atoms with van der Waals surface area (Å²) in [6.07, 6.45) is 3.02. The largest absolute Gasteiger partial charge is 0.327 e. The quantitative estimate of drug-likeness (QED) is 0.792. The Balaban J connectivity index is 2.36. The SMILES string of the molecule is CCC(N)CSc1nnc(SC)s1. The van der Waals surface area contributed by atoms with E-state index in [1.54, 1.807) is 34.9 Å². The van der Waals surface area contributed by atoms with Gasteiger partial charge in [0.05, 0.1) is 0 Å². The minimum absolute atomic E-state index is 0.270. The fraction of sp³-hybridized carbons (Fsp3) is 0.714. The first-order chi connectivity index (χ1) is 6.26. The molecule has 0 amide bonds. The van der Waals surface area contributed by atoms with Gasteiger partial charge in [0.15, 0.2) is 8.68 Å². The van der Waals surface area contributed by atoms with Gasteiger partial charge >= 0.3 is 0 Å². The van der Waals surface area contributed by atoms with Crippen LogP contribution in [-0.2, 0) is 0 Å². The first kappa shape index (κ1) is 11.3. The first-order valence-electron chi connectivity index (χ1n) is 4.02. The number of hydrogen-bond acceptors (Lipinski definition) is 6. The predicted molar refractivity (Wildman–Crippen MR) is 60.7 cm³/mol. The summed E-state index contributed by atoms with van der Waals surface area (Å²) >= 11 is 4.96. The van der Waals surface area contributed by atoms with Crippen molar-refractivity contribution in [1.29, 1.82) is 0 Å². The van der Waals surface area contributed by atoms with Crippen LogP contribution in [0.5, 0.6) is 0 Å². The molecule has 3 nitrogen and oxygen atoms in total. The maximum Gasteiger partial charge on any atom is 0.175 e. The maximum atomic E-state index is 5.79. The summed E-state index contributed by atoms with van der Waals surface area (Å²) in [7, 11) is 0. The molecule has 1 atom stereocenters. The Morgan fingerprint density at radius 1 is 1.46 bits per heavy atom. The molecule has 0 bridgehead atoms. The number of nitrogens with zero attached hydrogens (tertiary/aromatic N) is 2. The van der Waals surface area contributed by atoms with Crippen LogP contribution in [0, 0.1) is 0 Å². The van der Waals surface area contributed by atoms with Crippen LogP contribution in [0.1, 0.15) is 13.3 Å². The highest BCUT2D eigenvalue weighted by molar-refractivity contribution is 8.03. The third kappa shape index (κ3) is 3.84. The monoisotopic (exact) mass is 235 g/mol. The molecule has 1 unspecified atom stereocenters. The number of hydrogen-bond donors (Lipinski definition) is 1. The second-order valence-electron chi connectivity index (χ2n) is 2.52. The molecule has 0 aliphatic rings. The lowest BCUT2D eigenvalue weighted by Gasteiger charge is -2.04. The van der Waals surface area contributed by atoms with E-state index in [4.69, 9.17) is 5.73 Å². The molecule has 0 saturated carbocycles.